The van der Waals surface area contributed by atoms with Crippen molar-refractivity contribution in [3.05, 3.63) is 52.3 Å². The fourth-order valence-electron chi connectivity index (χ4n) is 2.12. The summed E-state index contributed by atoms with van der Waals surface area (Å²) in [5.41, 5.74) is 2.59. The number of nitrogens with one attached hydrogen (secondary N) is 2. The SMILES string of the molecule is CCCc1cc(C(=O)NCC(C)c2ccc(Cl)cc2)n[nH]1. The van der Waals surface area contributed by atoms with E-state index in [0.717, 1.165) is 29.1 Å². The molecule has 1 aromatic heterocycles. The number of aryl methyl sites for hydroxylation is 1. The van der Waals surface area contributed by atoms with E-state index in [-0.39, 0.29) is 11.8 Å². The van der Waals surface area contributed by atoms with Crippen LogP contribution in [0.1, 0.15) is 47.9 Å². The molecule has 0 spiro atoms. The number of hydrogen-bond acceptors (Lipinski definition) is 2. The molecule has 1 amide bonds. The summed E-state index contributed by atoms with van der Waals surface area (Å²) in [5.74, 6) is 0.0784. The van der Waals surface area contributed by atoms with Crippen molar-refractivity contribution in [1.82, 2.24) is 15.5 Å². The molecule has 0 saturated heterocycles. The number of aromatic nitrogens is 2. The first-order valence-corrected chi connectivity index (χ1v) is 7.56. The molecule has 0 bridgehead atoms. The number of carbonyl (C=O) groups excluding carboxylic acids is 1. The number of benzene rings is 1. The van der Waals surface area contributed by atoms with Crippen molar-refractivity contribution in [1.29, 1.82) is 0 Å². The molecule has 2 aromatic rings. The lowest BCUT2D eigenvalue weighted by atomic mass is 10.0. The largest absolute Gasteiger partial charge is 0.350 e. The van der Waals surface area contributed by atoms with E-state index in [0.29, 0.717) is 12.2 Å². The number of halogens is 1. The Morgan fingerprint density at radius 3 is 2.76 bits per heavy atom. The van der Waals surface area contributed by atoms with Crippen LogP contribution in [0.4, 0.5) is 0 Å². The average Bonchev–Trinajstić information content (AvgIpc) is 2.94. The number of H-pyrrole nitrogens is 1. The first kappa shape index (κ1) is 15.6. The molecular weight excluding hydrogens is 286 g/mol. The number of amides is 1. The molecule has 0 aliphatic carbocycles. The molecule has 2 N–H and O–H groups in total. The molecule has 1 aromatic carbocycles. The Kier molecular flexibility index (Phi) is 5.39. The van der Waals surface area contributed by atoms with E-state index in [4.69, 9.17) is 11.6 Å². The van der Waals surface area contributed by atoms with Crippen molar-refractivity contribution in [3.8, 4) is 0 Å². The van der Waals surface area contributed by atoms with Crippen molar-refractivity contribution >= 4 is 17.5 Å². The van der Waals surface area contributed by atoms with Gasteiger partial charge in [0.25, 0.3) is 5.91 Å². The standard InChI is InChI=1S/C16H20ClN3O/c1-3-4-14-9-15(20-19-14)16(21)18-10-11(2)12-5-7-13(17)8-6-12/h5-9,11H,3-4,10H2,1-2H3,(H,18,21)(H,19,20). The third-order valence-electron chi connectivity index (χ3n) is 3.39. The Labute approximate surface area is 129 Å². The molecule has 4 nitrogen and oxygen atoms in total. The van der Waals surface area contributed by atoms with Gasteiger partial charge in [0, 0.05) is 17.3 Å². The molecule has 1 heterocycles. The van der Waals surface area contributed by atoms with Crippen LogP contribution in [-0.2, 0) is 6.42 Å². The highest BCUT2D eigenvalue weighted by atomic mass is 35.5. The van der Waals surface area contributed by atoms with Gasteiger partial charge < -0.3 is 5.32 Å². The smallest absolute Gasteiger partial charge is 0.271 e. The zero-order valence-electron chi connectivity index (χ0n) is 12.3. The lowest BCUT2D eigenvalue weighted by Crippen LogP contribution is -2.27. The van der Waals surface area contributed by atoms with Gasteiger partial charge in [-0.25, -0.2) is 0 Å². The molecule has 2 rings (SSSR count). The zero-order valence-corrected chi connectivity index (χ0v) is 13.1. The molecule has 5 heteroatoms. The number of nitrogens with zero attached hydrogens (tertiary/aromatic N) is 1. The van der Waals surface area contributed by atoms with E-state index < -0.39 is 0 Å². The van der Waals surface area contributed by atoms with Gasteiger partial charge in [0.15, 0.2) is 0 Å². The predicted molar refractivity (Wildman–Crippen MR) is 84.8 cm³/mol. The van der Waals surface area contributed by atoms with Gasteiger partial charge in [-0.3, -0.25) is 9.89 Å². The highest BCUT2D eigenvalue weighted by Gasteiger charge is 2.12. The maximum Gasteiger partial charge on any atom is 0.271 e. The fourth-order valence-corrected chi connectivity index (χ4v) is 2.25. The van der Waals surface area contributed by atoms with Crippen molar-refractivity contribution in [3.63, 3.8) is 0 Å². The summed E-state index contributed by atoms with van der Waals surface area (Å²) < 4.78 is 0. The van der Waals surface area contributed by atoms with Crippen LogP contribution in [0, 0.1) is 0 Å². The normalized spacial score (nSPS) is 12.1. The van der Waals surface area contributed by atoms with Gasteiger partial charge in [-0.05, 0) is 36.1 Å². The van der Waals surface area contributed by atoms with Gasteiger partial charge in [0.05, 0.1) is 0 Å². The summed E-state index contributed by atoms with van der Waals surface area (Å²) in [4.78, 5) is 12.0. The monoisotopic (exact) mass is 305 g/mol. The maximum absolute atomic E-state index is 12.0. The van der Waals surface area contributed by atoms with Crippen molar-refractivity contribution < 1.29 is 4.79 Å². The third-order valence-corrected chi connectivity index (χ3v) is 3.64. The summed E-state index contributed by atoms with van der Waals surface area (Å²) >= 11 is 5.87. The number of aromatic amines is 1. The Bertz CT molecular complexity index is 592. The quantitative estimate of drug-likeness (QED) is 0.857. The fraction of sp³-hybridized carbons (Fsp3) is 0.375. The van der Waals surface area contributed by atoms with Crippen molar-refractivity contribution in [2.45, 2.75) is 32.6 Å². The highest BCUT2D eigenvalue weighted by molar-refractivity contribution is 6.30. The molecule has 0 saturated carbocycles. The topological polar surface area (TPSA) is 57.8 Å². The minimum absolute atomic E-state index is 0.144. The summed E-state index contributed by atoms with van der Waals surface area (Å²) in [5, 5.41) is 10.6. The van der Waals surface area contributed by atoms with Gasteiger partial charge in [-0.1, -0.05) is 44.0 Å². The first-order chi connectivity index (χ1) is 10.1. The van der Waals surface area contributed by atoms with Gasteiger partial charge >= 0.3 is 0 Å². The summed E-state index contributed by atoms with van der Waals surface area (Å²) in [6, 6.07) is 9.49. The van der Waals surface area contributed by atoms with Crippen LogP contribution in [0.3, 0.4) is 0 Å². The average molecular weight is 306 g/mol. The second-order valence-electron chi connectivity index (χ2n) is 5.19. The summed E-state index contributed by atoms with van der Waals surface area (Å²) in [6.45, 7) is 4.72. The predicted octanol–water partition coefficient (Wildman–Crippen LogP) is 3.55. The van der Waals surface area contributed by atoms with Crippen LogP contribution in [0.15, 0.2) is 30.3 Å². The lowest BCUT2D eigenvalue weighted by molar-refractivity contribution is 0.0946. The van der Waals surface area contributed by atoms with Crippen LogP contribution in [0.25, 0.3) is 0 Å². The minimum atomic E-state index is -0.144. The van der Waals surface area contributed by atoms with Crippen LogP contribution < -0.4 is 5.32 Å². The molecule has 21 heavy (non-hydrogen) atoms. The van der Waals surface area contributed by atoms with E-state index in [1.807, 2.05) is 30.3 Å². The van der Waals surface area contributed by atoms with E-state index >= 15 is 0 Å². The summed E-state index contributed by atoms with van der Waals surface area (Å²) in [6.07, 6.45) is 1.93. The van der Waals surface area contributed by atoms with E-state index in [2.05, 4.69) is 29.4 Å². The van der Waals surface area contributed by atoms with Crippen molar-refractivity contribution in [2.75, 3.05) is 6.54 Å². The Hall–Kier alpha value is -1.81. The molecule has 0 aliphatic rings. The molecule has 112 valence electrons. The summed E-state index contributed by atoms with van der Waals surface area (Å²) in [7, 11) is 0. The van der Waals surface area contributed by atoms with Gasteiger partial charge in [-0.2, -0.15) is 5.10 Å². The third kappa shape index (κ3) is 4.33. The highest BCUT2D eigenvalue weighted by Crippen LogP contribution is 2.17. The zero-order chi connectivity index (χ0) is 15.2. The van der Waals surface area contributed by atoms with E-state index in [1.165, 1.54) is 0 Å². The van der Waals surface area contributed by atoms with Crippen LogP contribution in [0.5, 0.6) is 0 Å². The second kappa shape index (κ2) is 7.27. The van der Waals surface area contributed by atoms with Crippen LogP contribution in [0.2, 0.25) is 5.02 Å². The number of rotatable bonds is 6. The van der Waals surface area contributed by atoms with Gasteiger partial charge in [0.1, 0.15) is 5.69 Å². The molecule has 1 unspecified atom stereocenters. The number of carbonyl (C=O) groups is 1. The lowest BCUT2D eigenvalue weighted by Gasteiger charge is -2.12. The van der Waals surface area contributed by atoms with Crippen molar-refractivity contribution in [2.24, 2.45) is 0 Å². The first-order valence-electron chi connectivity index (χ1n) is 7.18. The molecule has 0 fully saturated rings. The molecule has 0 aliphatic heterocycles. The minimum Gasteiger partial charge on any atom is -0.350 e. The van der Waals surface area contributed by atoms with Gasteiger partial charge in [-0.15, -0.1) is 0 Å². The van der Waals surface area contributed by atoms with Crippen LogP contribution >= 0.6 is 11.6 Å². The second-order valence-corrected chi connectivity index (χ2v) is 5.63. The Morgan fingerprint density at radius 2 is 2.10 bits per heavy atom. The maximum atomic E-state index is 12.0. The van der Waals surface area contributed by atoms with Crippen LogP contribution in [-0.4, -0.2) is 22.6 Å². The molecular formula is C16H20ClN3O. The Morgan fingerprint density at radius 1 is 1.38 bits per heavy atom. The van der Waals surface area contributed by atoms with E-state index in [9.17, 15) is 4.79 Å². The van der Waals surface area contributed by atoms with Gasteiger partial charge in [0.2, 0.25) is 0 Å². The van der Waals surface area contributed by atoms with E-state index in [1.54, 1.807) is 0 Å². The molecule has 1 atom stereocenters. The Balaban J connectivity index is 1.89. The molecule has 0 radical (unpaired) electrons. The number of hydrogen-bond donors (Lipinski definition) is 2.